The monoisotopic (exact) mass is 615 g/mol. The number of hydrogen-bond donors (Lipinski definition) is 5. The summed E-state index contributed by atoms with van der Waals surface area (Å²) in [6, 6.07) is 48.4. The number of nitrogens with two attached hydrogens (primary N) is 1. The van der Waals surface area contributed by atoms with Gasteiger partial charge in [-0.1, -0.05) is 127 Å². The number of rotatable bonds is 7. The van der Waals surface area contributed by atoms with E-state index in [0.717, 1.165) is 12.1 Å². The van der Waals surface area contributed by atoms with Gasteiger partial charge in [0.25, 0.3) is 0 Å². The Morgan fingerprint density at radius 1 is 0.617 bits per heavy atom. The molecule has 6 atom stereocenters. The molecule has 7 nitrogen and oxygen atoms in total. The summed E-state index contributed by atoms with van der Waals surface area (Å²) < 4.78 is 0. The average Bonchev–Trinajstić information content (AvgIpc) is 3.74. The van der Waals surface area contributed by atoms with Gasteiger partial charge in [0.15, 0.2) is 0 Å². The van der Waals surface area contributed by atoms with E-state index >= 15 is 0 Å². The molecule has 6 N–H and O–H groups in total. The van der Waals surface area contributed by atoms with E-state index in [2.05, 4.69) is 165 Å². The molecule has 3 aliphatic rings. The van der Waals surface area contributed by atoms with Gasteiger partial charge in [0.1, 0.15) is 24.8 Å². The van der Waals surface area contributed by atoms with Crippen molar-refractivity contribution in [3.8, 4) is 11.1 Å². The number of hydrazine groups is 1. The third kappa shape index (κ3) is 5.29. The van der Waals surface area contributed by atoms with Gasteiger partial charge in [0.2, 0.25) is 0 Å². The zero-order valence-electron chi connectivity index (χ0n) is 25.9. The lowest BCUT2D eigenvalue weighted by Gasteiger charge is -2.26. The summed E-state index contributed by atoms with van der Waals surface area (Å²) in [5.41, 5.74) is 13.7. The normalized spacial score (nSPS) is 25.4. The van der Waals surface area contributed by atoms with Crippen LogP contribution in [0.5, 0.6) is 0 Å². The molecule has 3 heterocycles. The maximum Gasteiger partial charge on any atom is 0.133 e. The maximum absolute atomic E-state index is 6.45. The molecule has 2 fully saturated rings. The molecule has 6 aromatic rings. The van der Waals surface area contributed by atoms with E-state index in [1.807, 2.05) is 12.3 Å². The molecule has 0 aliphatic carbocycles. The van der Waals surface area contributed by atoms with Crippen molar-refractivity contribution in [2.24, 2.45) is 5.73 Å². The molecule has 0 aromatic heterocycles. The Labute approximate surface area is 274 Å². The summed E-state index contributed by atoms with van der Waals surface area (Å²) in [7, 11) is 0. The molecule has 9 rings (SSSR count). The summed E-state index contributed by atoms with van der Waals surface area (Å²) in [6.07, 6.45) is 3.98. The van der Waals surface area contributed by atoms with Gasteiger partial charge in [-0.25, -0.2) is 0 Å². The van der Waals surface area contributed by atoms with Crippen molar-refractivity contribution in [2.75, 3.05) is 6.54 Å². The number of nitrogens with one attached hydrogen (secondary N) is 4. The van der Waals surface area contributed by atoms with Crippen LogP contribution in [0.1, 0.15) is 46.9 Å². The highest BCUT2D eigenvalue weighted by atomic mass is 15.9. The molecule has 232 valence electrons. The summed E-state index contributed by atoms with van der Waals surface area (Å²) in [5.74, 6) is 0. The van der Waals surface area contributed by atoms with Gasteiger partial charge in [-0.2, -0.15) is 10.0 Å². The Morgan fingerprint density at radius 2 is 1.15 bits per heavy atom. The zero-order valence-corrected chi connectivity index (χ0v) is 25.9. The van der Waals surface area contributed by atoms with Gasteiger partial charge in [-0.3, -0.25) is 16.0 Å². The van der Waals surface area contributed by atoms with Crippen molar-refractivity contribution in [3.63, 3.8) is 0 Å². The summed E-state index contributed by atoms with van der Waals surface area (Å²) in [4.78, 5) is 0. The molecule has 0 spiro atoms. The smallest absolute Gasteiger partial charge is 0.133 e. The first-order valence-corrected chi connectivity index (χ1v) is 16.4. The fourth-order valence-electron chi connectivity index (χ4n) is 7.19. The second-order valence-electron chi connectivity index (χ2n) is 12.6. The van der Waals surface area contributed by atoms with Crippen molar-refractivity contribution in [1.29, 1.82) is 0 Å². The lowest BCUT2D eigenvalue weighted by molar-refractivity contribution is 0.314. The number of benzene rings is 6. The molecule has 7 heteroatoms. The molecule has 6 unspecified atom stereocenters. The van der Waals surface area contributed by atoms with Gasteiger partial charge < -0.3 is 11.1 Å². The van der Waals surface area contributed by atoms with Gasteiger partial charge in [0.05, 0.1) is 6.17 Å². The first-order chi connectivity index (χ1) is 23.2. The van der Waals surface area contributed by atoms with Crippen LogP contribution >= 0.6 is 0 Å². The lowest BCUT2D eigenvalue weighted by Crippen LogP contribution is -2.55. The molecule has 2 saturated heterocycles. The predicted octanol–water partition coefficient (Wildman–Crippen LogP) is 6.73. The van der Waals surface area contributed by atoms with E-state index in [1.54, 1.807) is 0 Å². The highest BCUT2D eigenvalue weighted by molar-refractivity contribution is 5.84. The topological polar surface area (TPSA) is 80.2 Å². The number of fused-ring (bicyclic) bond motifs is 3. The lowest BCUT2D eigenvalue weighted by atomic mass is 10.0. The van der Waals surface area contributed by atoms with Gasteiger partial charge in [0, 0.05) is 6.54 Å². The Balaban J connectivity index is 0.982. The Kier molecular flexibility index (Phi) is 7.09. The molecule has 3 aliphatic heterocycles. The van der Waals surface area contributed by atoms with Crippen LogP contribution in [-0.2, 0) is 0 Å². The van der Waals surface area contributed by atoms with Crippen LogP contribution in [0.3, 0.4) is 0 Å². The summed E-state index contributed by atoms with van der Waals surface area (Å²) in [5, 5.41) is 23.9. The zero-order chi connectivity index (χ0) is 31.3. The second kappa shape index (κ2) is 11.7. The standard InChI is InChI=1S/C40H37N7/c41-36(44-40-42-22-5-23-43-40)30-16-10-28(11-17-30)29-12-18-31(19-13-29)39-46-37(34-20-14-26-6-1-3-8-32(26)24-34)45-38(47(39)46)35-21-15-27-7-2-4-9-33(27)25-35/h1-22,24-25,36-40,42-45H,23,41H2. The quantitative estimate of drug-likeness (QED) is 0.101. The number of nitrogens with zero attached hydrogens (tertiary/aromatic N) is 2. The van der Waals surface area contributed by atoms with Crippen molar-refractivity contribution in [3.05, 3.63) is 168 Å². The van der Waals surface area contributed by atoms with E-state index in [-0.39, 0.29) is 31.0 Å². The Morgan fingerprint density at radius 3 is 1.70 bits per heavy atom. The molecule has 6 aromatic carbocycles. The number of hydrogen-bond acceptors (Lipinski definition) is 7. The highest BCUT2D eigenvalue weighted by Crippen LogP contribution is 2.57. The van der Waals surface area contributed by atoms with Crippen molar-refractivity contribution >= 4 is 21.5 Å². The second-order valence-corrected chi connectivity index (χ2v) is 12.6. The van der Waals surface area contributed by atoms with Crippen molar-refractivity contribution in [2.45, 2.75) is 31.0 Å². The van der Waals surface area contributed by atoms with Crippen LogP contribution in [0.15, 0.2) is 146 Å². The summed E-state index contributed by atoms with van der Waals surface area (Å²) >= 11 is 0. The Bertz CT molecular complexity index is 2000. The fraction of sp³-hybridized carbons (Fsp3) is 0.150. The van der Waals surface area contributed by atoms with Crippen molar-refractivity contribution < 1.29 is 0 Å². The van der Waals surface area contributed by atoms with Crippen LogP contribution in [-0.4, -0.2) is 22.9 Å². The van der Waals surface area contributed by atoms with E-state index < -0.39 is 0 Å². The largest absolute Gasteiger partial charge is 0.364 e. The van der Waals surface area contributed by atoms with Gasteiger partial charge in [-0.05, 0) is 73.3 Å². The van der Waals surface area contributed by atoms with Crippen LogP contribution in [0.2, 0.25) is 0 Å². The van der Waals surface area contributed by atoms with Crippen LogP contribution < -0.4 is 27.0 Å². The summed E-state index contributed by atoms with van der Waals surface area (Å²) in [6.45, 7) is 0.813. The minimum Gasteiger partial charge on any atom is -0.364 e. The maximum atomic E-state index is 6.45. The van der Waals surface area contributed by atoms with Crippen LogP contribution in [0.4, 0.5) is 0 Å². The third-order valence-corrected chi connectivity index (χ3v) is 9.72. The predicted molar refractivity (Wildman–Crippen MR) is 189 cm³/mol. The van der Waals surface area contributed by atoms with Gasteiger partial charge >= 0.3 is 0 Å². The van der Waals surface area contributed by atoms with E-state index in [1.165, 1.54) is 49.4 Å². The first-order valence-electron chi connectivity index (χ1n) is 16.4. The highest BCUT2D eigenvalue weighted by Gasteiger charge is 2.60. The van der Waals surface area contributed by atoms with Crippen LogP contribution in [0, 0.1) is 0 Å². The minimum atomic E-state index is -0.278. The van der Waals surface area contributed by atoms with E-state index in [0.29, 0.717) is 0 Å². The molecular weight excluding hydrogens is 578 g/mol. The molecule has 0 amide bonds. The average molecular weight is 616 g/mol. The van der Waals surface area contributed by atoms with Gasteiger partial charge in [-0.15, -0.1) is 0 Å². The van der Waals surface area contributed by atoms with E-state index in [4.69, 9.17) is 5.73 Å². The molecule has 47 heavy (non-hydrogen) atoms. The first kappa shape index (κ1) is 28.4. The molecule has 0 bridgehead atoms. The Hall–Kier alpha value is -4.86. The van der Waals surface area contributed by atoms with Crippen molar-refractivity contribution in [1.82, 2.24) is 31.3 Å². The minimum absolute atomic E-state index is 0.0486. The SMILES string of the molecule is NC(NC1NC=CCN1)c1ccc(-c2ccc(C3N4C(c5ccc6ccccc6c5)NC(c5ccc6ccccc6c5)N34)cc2)cc1. The third-order valence-electron chi connectivity index (χ3n) is 9.72. The molecule has 0 radical (unpaired) electrons. The van der Waals surface area contributed by atoms with Crippen LogP contribution in [0.25, 0.3) is 32.7 Å². The van der Waals surface area contributed by atoms with E-state index in [9.17, 15) is 0 Å². The molecule has 0 saturated carbocycles. The fourth-order valence-corrected chi connectivity index (χ4v) is 7.19. The molecular formula is C40H37N7.